The normalized spacial score (nSPS) is 15.5. The lowest BCUT2D eigenvalue weighted by molar-refractivity contribution is 0.0378. The Balaban J connectivity index is 1.42. The van der Waals surface area contributed by atoms with Gasteiger partial charge < -0.3 is 10.1 Å². The highest BCUT2D eigenvalue weighted by Gasteiger charge is 2.11. The van der Waals surface area contributed by atoms with E-state index in [0.717, 1.165) is 61.8 Å². The summed E-state index contributed by atoms with van der Waals surface area (Å²) in [4.78, 5) is 13.6. The van der Waals surface area contributed by atoms with Gasteiger partial charge in [-0.15, -0.1) is 11.3 Å². The molecule has 0 aliphatic carbocycles. The number of rotatable bonds is 6. The van der Waals surface area contributed by atoms with E-state index < -0.39 is 0 Å². The molecule has 0 atom stereocenters. The smallest absolute Gasteiger partial charge is 0.138 e. The van der Waals surface area contributed by atoms with Crippen LogP contribution in [0.5, 0.6) is 0 Å². The molecule has 3 aromatic rings. The second-order valence-corrected chi connectivity index (χ2v) is 7.18. The number of hydrogen-bond donors (Lipinski definition) is 1. The molecular formula is C19H22N4OS. The van der Waals surface area contributed by atoms with Crippen LogP contribution in [0.1, 0.15) is 6.42 Å². The van der Waals surface area contributed by atoms with Gasteiger partial charge in [-0.2, -0.15) is 0 Å². The molecule has 0 spiro atoms. The summed E-state index contributed by atoms with van der Waals surface area (Å²) >= 11 is 1.71. The molecule has 3 heterocycles. The van der Waals surface area contributed by atoms with Gasteiger partial charge >= 0.3 is 0 Å². The Morgan fingerprint density at radius 2 is 1.96 bits per heavy atom. The van der Waals surface area contributed by atoms with Crippen molar-refractivity contribution in [2.45, 2.75) is 6.42 Å². The van der Waals surface area contributed by atoms with Gasteiger partial charge in [0.2, 0.25) is 0 Å². The third-order valence-electron chi connectivity index (χ3n) is 4.43. The summed E-state index contributed by atoms with van der Waals surface area (Å²) < 4.78 is 5.39. The van der Waals surface area contributed by atoms with Crippen molar-refractivity contribution >= 4 is 27.4 Å². The van der Waals surface area contributed by atoms with Crippen LogP contribution in [0.4, 0.5) is 5.82 Å². The summed E-state index contributed by atoms with van der Waals surface area (Å²) in [6, 6.07) is 12.6. The molecule has 1 fully saturated rings. The molecule has 2 aromatic heterocycles. The van der Waals surface area contributed by atoms with Gasteiger partial charge in [-0.1, -0.05) is 30.3 Å². The highest BCUT2D eigenvalue weighted by molar-refractivity contribution is 7.21. The zero-order valence-electron chi connectivity index (χ0n) is 14.1. The van der Waals surface area contributed by atoms with Gasteiger partial charge in [0.25, 0.3) is 0 Å². The zero-order chi connectivity index (χ0) is 16.9. The van der Waals surface area contributed by atoms with E-state index in [9.17, 15) is 0 Å². The molecule has 0 amide bonds. The topological polar surface area (TPSA) is 50.3 Å². The number of hydrogen-bond acceptors (Lipinski definition) is 6. The molecular weight excluding hydrogens is 332 g/mol. The molecule has 1 saturated heterocycles. The first kappa shape index (κ1) is 16.4. The molecule has 0 bridgehead atoms. The molecule has 1 aromatic carbocycles. The van der Waals surface area contributed by atoms with E-state index in [2.05, 4.69) is 50.5 Å². The van der Waals surface area contributed by atoms with Gasteiger partial charge in [0, 0.05) is 24.5 Å². The molecule has 0 unspecified atom stereocenters. The van der Waals surface area contributed by atoms with Crippen molar-refractivity contribution in [1.82, 2.24) is 14.9 Å². The van der Waals surface area contributed by atoms with Crippen LogP contribution in [0.25, 0.3) is 20.7 Å². The van der Waals surface area contributed by atoms with Crippen LogP contribution < -0.4 is 5.32 Å². The summed E-state index contributed by atoms with van der Waals surface area (Å²) in [7, 11) is 0. The van der Waals surface area contributed by atoms with Crippen molar-refractivity contribution in [1.29, 1.82) is 0 Å². The van der Waals surface area contributed by atoms with Crippen LogP contribution in [-0.2, 0) is 4.74 Å². The molecule has 0 radical (unpaired) electrons. The van der Waals surface area contributed by atoms with E-state index in [1.54, 1.807) is 17.7 Å². The summed E-state index contributed by atoms with van der Waals surface area (Å²) in [6.07, 6.45) is 2.75. The van der Waals surface area contributed by atoms with E-state index >= 15 is 0 Å². The lowest BCUT2D eigenvalue weighted by Gasteiger charge is -2.26. The number of benzene rings is 1. The Labute approximate surface area is 151 Å². The number of anilines is 1. The first-order chi connectivity index (χ1) is 12.4. The van der Waals surface area contributed by atoms with Crippen molar-refractivity contribution in [3.05, 3.63) is 42.7 Å². The maximum atomic E-state index is 5.39. The van der Waals surface area contributed by atoms with Crippen molar-refractivity contribution < 1.29 is 4.74 Å². The number of nitrogens with zero attached hydrogens (tertiary/aromatic N) is 3. The van der Waals surface area contributed by atoms with E-state index in [4.69, 9.17) is 4.74 Å². The number of ether oxygens (including phenoxy) is 1. The Bertz CT molecular complexity index is 815. The number of thiophene rings is 1. The van der Waals surface area contributed by atoms with Crippen molar-refractivity contribution in [2.24, 2.45) is 0 Å². The molecule has 1 N–H and O–H groups in total. The fraction of sp³-hybridized carbons (Fsp3) is 0.368. The largest absolute Gasteiger partial charge is 0.379 e. The van der Waals surface area contributed by atoms with E-state index in [-0.39, 0.29) is 0 Å². The maximum absolute atomic E-state index is 5.39. The molecule has 4 rings (SSSR count). The summed E-state index contributed by atoms with van der Waals surface area (Å²) in [6.45, 7) is 5.82. The Morgan fingerprint density at radius 3 is 2.80 bits per heavy atom. The Hall–Kier alpha value is -2.02. The van der Waals surface area contributed by atoms with Crippen LogP contribution in [0, 0.1) is 0 Å². The van der Waals surface area contributed by atoms with Crippen LogP contribution in [0.2, 0.25) is 0 Å². The van der Waals surface area contributed by atoms with Crippen LogP contribution in [0.15, 0.2) is 42.7 Å². The molecule has 1 aliphatic rings. The lowest BCUT2D eigenvalue weighted by atomic mass is 10.2. The third-order valence-corrected chi connectivity index (χ3v) is 5.53. The molecule has 0 saturated carbocycles. The van der Waals surface area contributed by atoms with Crippen molar-refractivity contribution in [3.63, 3.8) is 0 Å². The zero-order valence-corrected chi connectivity index (χ0v) is 15.0. The highest BCUT2D eigenvalue weighted by atomic mass is 32.1. The minimum atomic E-state index is 0.858. The Morgan fingerprint density at radius 1 is 1.12 bits per heavy atom. The van der Waals surface area contributed by atoms with Crippen LogP contribution >= 0.6 is 11.3 Å². The minimum Gasteiger partial charge on any atom is -0.379 e. The quantitative estimate of drug-likeness (QED) is 0.687. The first-order valence-corrected chi connectivity index (χ1v) is 9.56. The van der Waals surface area contributed by atoms with Crippen LogP contribution in [0.3, 0.4) is 0 Å². The number of nitrogens with one attached hydrogen (secondary N) is 1. The fourth-order valence-electron chi connectivity index (χ4n) is 3.08. The van der Waals surface area contributed by atoms with Crippen molar-refractivity contribution in [2.75, 3.05) is 44.7 Å². The third kappa shape index (κ3) is 3.98. The molecule has 5 nitrogen and oxygen atoms in total. The Kier molecular flexibility index (Phi) is 5.20. The van der Waals surface area contributed by atoms with E-state index in [1.165, 1.54) is 10.4 Å². The monoisotopic (exact) mass is 354 g/mol. The molecule has 25 heavy (non-hydrogen) atoms. The fourth-order valence-corrected chi connectivity index (χ4v) is 4.08. The highest BCUT2D eigenvalue weighted by Crippen LogP contribution is 2.34. The SMILES string of the molecule is c1ccc(-c2cc3c(NCCCN4CCOCC4)ncnc3s2)cc1. The summed E-state index contributed by atoms with van der Waals surface area (Å²) in [5, 5.41) is 4.60. The number of fused-ring (bicyclic) bond motifs is 1. The predicted molar refractivity (Wildman–Crippen MR) is 103 cm³/mol. The van der Waals surface area contributed by atoms with Gasteiger partial charge in [-0.3, -0.25) is 4.90 Å². The summed E-state index contributed by atoms with van der Waals surface area (Å²) in [5.74, 6) is 0.936. The van der Waals surface area contributed by atoms with E-state index in [0.29, 0.717) is 0 Å². The predicted octanol–water partition coefficient (Wildman–Crippen LogP) is 3.49. The first-order valence-electron chi connectivity index (χ1n) is 8.74. The maximum Gasteiger partial charge on any atom is 0.138 e. The van der Waals surface area contributed by atoms with Gasteiger partial charge in [0.1, 0.15) is 17.0 Å². The minimum absolute atomic E-state index is 0.858. The van der Waals surface area contributed by atoms with E-state index in [1.807, 2.05) is 6.07 Å². The van der Waals surface area contributed by atoms with Crippen LogP contribution in [-0.4, -0.2) is 54.3 Å². The molecule has 6 heteroatoms. The number of morpholine rings is 1. The standard InChI is InChI=1S/C19H22N4OS/c1-2-5-15(6-3-1)17-13-16-18(21-14-22-19(16)25-17)20-7-4-8-23-9-11-24-12-10-23/h1-3,5-6,13-14H,4,7-12H2,(H,20,21,22). The average molecular weight is 354 g/mol. The van der Waals surface area contributed by atoms with Gasteiger partial charge in [0.15, 0.2) is 0 Å². The summed E-state index contributed by atoms with van der Waals surface area (Å²) in [5.41, 5.74) is 1.23. The lowest BCUT2D eigenvalue weighted by Crippen LogP contribution is -2.37. The molecule has 130 valence electrons. The van der Waals surface area contributed by atoms with Gasteiger partial charge in [-0.05, 0) is 24.6 Å². The number of aromatic nitrogens is 2. The average Bonchev–Trinajstić information content (AvgIpc) is 3.12. The van der Waals surface area contributed by atoms with Crippen molar-refractivity contribution in [3.8, 4) is 10.4 Å². The van der Waals surface area contributed by atoms with Gasteiger partial charge in [-0.25, -0.2) is 9.97 Å². The second-order valence-electron chi connectivity index (χ2n) is 6.15. The second kappa shape index (κ2) is 7.91. The van der Waals surface area contributed by atoms with Gasteiger partial charge in [0.05, 0.1) is 18.6 Å². The molecule has 1 aliphatic heterocycles.